The Morgan fingerprint density at radius 3 is 2.11 bits per heavy atom. The summed E-state index contributed by atoms with van der Waals surface area (Å²) in [6, 6.07) is 13.5. The Balaban J connectivity index is 2.46. The molecule has 180 valence electrons. The molecule has 0 fully saturated rings. The number of carbonyl (C=O) groups is 1. The van der Waals surface area contributed by atoms with Gasteiger partial charge in [0.2, 0.25) is 0 Å². The third-order valence-corrected chi connectivity index (χ3v) is 6.78. The summed E-state index contributed by atoms with van der Waals surface area (Å²) < 4.78 is 41.7. The highest BCUT2D eigenvalue weighted by molar-refractivity contribution is 7.42. The normalized spacial score (nSPS) is 14.0. The topological polar surface area (TPSA) is 108 Å². The van der Waals surface area contributed by atoms with Crippen LogP contribution in [0.25, 0.3) is 22.4 Å². The van der Waals surface area contributed by atoms with Gasteiger partial charge in [-0.3, -0.25) is 0 Å². The standard InChI is InChI=1S/C26H22F2NO5P/c1-15(2)23-20(13-14-26(16(3)30,25(31)32)35(33)34)21(17-9-11-19(27)12-10-17)22(28)24(29-23)18-7-5-4-6-8-18/h4-12,15-16,30H,1-3H3,(H-,31,32,33,34)/p+1. The van der Waals surface area contributed by atoms with Crippen molar-refractivity contribution in [2.24, 2.45) is 0 Å². The molecule has 0 saturated carbocycles. The van der Waals surface area contributed by atoms with Crippen molar-refractivity contribution in [3.8, 4) is 34.2 Å². The van der Waals surface area contributed by atoms with E-state index in [0.29, 0.717) is 11.3 Å². The zero-order chi connectivity index (χ0) is 25.9. The highest BCUT2D eigenvalue weighted by Gasteiger charge is 2.60. The molecule has 3 atom stereocenters. The van der Waals surface area contributed by atoms with E-state index >= 15 is 4.39 Å². The lowest BCUT2D eigenvalue weighted by Crippen LogP contribution is -2.43. The molecular weight excluding hydrogens is 475 g/mol. The molecule has 9 heteroatoms. The third kappa shape index (κ3) is 4.98. The molecule has 0 spiro atoms. The fourth-order valence-corrected chi connectivity index (χ4v) is 4.22. The second-order valence-corrected chi connectivity index (χ2v) is 9.46. The summed E-state index contributed by atoms with van der Waals surface area (Å²) in [4.78, 5) is 26.1. The van der Waals surface area contributed by atoms with Crippen molar-refractivity contribution >= 4 is 14.0 Å². The number of carboxylic acids is 1. The van der Waals surface area contributed by atoms with Crippen molar-refractivity contribution in [3.05, 3.63) is 77.5 Å². The molecule has 6 nitrogen and oxygen atoms in total. The molecule has 3 N–H and O–H groups in total. The van der Waals surface area contributed by atoms with Gasteiger partial charge in [0.05, 0.1) is 11.3 Å². The van der Waals surface area contributed by atoms with Gasteiger partial charge in [-0.05, 0) is 41.0 Å². The predicted molar refractivity (Wildman–Crippen MR) is 128 cm³/mol. The molecule has 0 bridgehead atoms. The van der Waals surface area contributed by atoms with Crippen LogP contribution < -0.4 is 0 Å². The Morgan fingerprint density at radius 2 is 1.63 bits per heavy atom. The summed E-state index contributed by atoms with van der Waals surface area (Å²) in [6.45, 7) is 4.59. The van der Waals surface area contributed by atoms with Crippen molar-refractivity contribution in [3.63, 3.8) is 0 Å². The van der Waals surface area contributed by atoms with Crippen LogP contribution in [0.5, 0.6) is 0 Å². The van der Waals surface area contributed by atoms with E-state index in [-0.39, 0.29) is 28.3 Å². The first-order valence-corrected chi connectivity index (χ1v) is 11.9. The van der Waals surface area contributed by atoms with Gasteiger partial charge in [-0.15, -0.1) is 0 Å². The molecule has 0 aliphatic heterocycles. The van der Waals surface area contributed by atoms with E-state index in [0.717, 1.165) is 19.1 Å². The van der Waals surface area contributed by atoms with Crippen LogP contribution in [0, 0.1) is 23.5 Å². The maximum absolute atomic E-state index is 16.0. The van der Waals surface area contributed by atoms with Crippen LogP contribution in [-0.4, -0.2) is 37.3 Å². The summed E-state index contributed by atoms with van der Waals surface area (Å²) in [6.07, 6.45) is -1.82. The minimum absolute atomic E-state index is 0.0208. The zero-order valence-corrected chi connectivity index (χ0v) is 20.1. The highest BCUT2D eigenvalue weighted by Crippen LogP contribution is 2.40. The molecule has 0 amide bonds. The lowest BCUT2D eigenvalue weighted by atomic mass is 9.91. The van der Waals surface area contributed by atoms with E-state index in [1.807, 2.05) is 0 Å². The SMILES string of the molecule is CC(C)c1nc(-c2ccccc2)c(F)c(-c2ccc(F)cc2)c1C#CC(C(=O)O)(C(C)O)[P+](=O)O. The number of carboxylic acid groups (broad SMARTS) is 1. The van der Waals surface area contributed by atoms with Crippen LogP contribution in [0.4, 0.5) is 8.78 Å². The van der Waals surface area contributed by atoms with E-state index in [2.05, 4.69) is 16.8 Å². The summed E-state index contributed by atoms with van der Waals surface area (Å²) in [7, 11) is -3.50. The first kappa shape index (κ1) is 26.1. The Hall–Kier alpha value is -3.50. The van der Waals surface area contributed by atoms with Gasteiger partial charge in [-0.25, -0.2) is 18.6 Å². The van der Waals surface area contributed by atoms with Crippen molar-refractivity contribution in [1.82, 2.24) is 4.98 Å². The number of hydrogen-bond acceptors (Lipinski definition) is 4. The van der Waals surface area contributed by atoms with E-state index in [1.165, 1.54) is 12.1 Å². The Kier molecular flexibility index (Phi) is 7.76. The molecule has 1 heterocycles. The molecule has 1 aromatic heterocycles. The predicted octanol–water partition coefficient (Wildman–Crippen LogP) is 5.11. The lowest BCUT2D eigenvalue weighted by Gasteiger charge is -2.18. The smallest absolute Gasteiger partial charge is 0.477 e. The van der Waals surface area contributed by atoms with Crippen LogP contribution in [-0.2, 0) is 9.36 Å². The van der Waals surface area contributed by atoms with Gasteiger partial charge >= 0.3 is 19.2 Å². The number of aromatic nitrogens is 1. The fourth-order valence-electron chi connectivity index (χ4n) is 3.58. The summed E-state index contributed by atoms with van der Waals surface area (Å²) in [5, 5.41) is 17.0. The van der Waals surface area contributed by atoms with Gasteiger partial charge in [0, 0.05) is 11.1 Å². The van der Waals surface area contributed by atoms with Crippen molar-refractivity contribution in [2.45, 2.75) is 37.9 Å². The highest BCUT2D eigenvalue weighted by atomic mass is 31.1. The summed E-state index contributed by atoms with van der Waals surface area (Å²) in [5.74, 6) is 1.35. The molecule has 0 radical (unpaired) electrons. The van der Waals surface area contributed by atoms with Crippen LogP contribution in [0.3, 0.4) is 0 Å². The lowest BCUT2D eigenvalue weighted by molar-refractivity contribution is -0.141. The minimum Gasteiger partial charge on any atom is -0.477 e. The minimum atomic E-state index is -3.50. The molecule has 3 aromatic rings. The van der Waals surface area contributed by atoms with Gasteiger partial charge in [-0.1, -0.05) is 62.2 Å². The molecule has 0 aliphatic carbocycles. The first-order valence-electron chi connectivity index (χ1n) is 10.7. The monoisotopic (exact) mass is 498 g/mol. The zero-order valence-electron chi connectivity index (χ0n) is 19.2. The second-order valence-electron chi connectivity index (χ2n) is 8.21. The number of aliphatic hydroxyl groups excluding tert-OH is 1. The Labute approximate surface area is 202 Å². The Morgan fingerprint density at radius 1 is 1.03 bits per heavy atom. The largest absolute Gasteiger partial charge is 0.540 e. The van der Waals surface area contributed by atoms with Gasteiger partial charge in [0.15, 0.2) is 5.82 Å². The van der Waals surface area contributed by atoms with Crippen LogP contribution in [0.2, 0.25) is 0 Å². The van der Waals surface area contributed by atoms with E-state index in [1.54, 1.807) is 44.2 Å². The quantitative estimate of drug-likeness (QED) is 0.322. The average Bonchev–Trinajstić information content (AvgIpc) is 2.80. The first-order chi connectivity index (χ1) is 16.5. The molecular formula is C26H23F2NO5P+. The number of benzene rings is 2. The third-order valence-electron chi connectivity index (χ3n) is 5.50. The number of rotatable bonds is 6. The van der Waals surface area contributed by atoms with Crippen LogP contribution in [0.1, 0.15) is 37.9 Å². The van der Waals surface area contributed by atoms with E-state index in [4.69, 9.17) is 0 Å². The summed E-state index contributed by atoms with van der Waals surface area (Å²) in [5.41, 5.74) is 0.973. The van der Waals surface area contributed by atoms with E-state index < -0.39 is 36.9 Å². The van der Waals surface area contributed by atoms with Crippen molar-refractivity contribution < 1.29 is 33.2 Å². The van der Waals surface area contributed by atoms with Crippen LogP contribution >= 0.6 is 8.03 Å². The van der Waals surface area contributed by atoms with Gasteiger partial charge < -0.3 is 10.2 Å². The van der Waals surface area contributed by atoms with Gasteiger partial charge in [0.1, 0.15) is 17.6 Å². The molecule has 3 unspecified atom stereocenters. The molecule has 3 rings (SSSR count). The van der Waals surface area contributed by atoms with Crippen molar-refractivity contribution in [1.29, 1.82) is 0 Å². The van der Waals surface area contributed by atoms with Gasteiger partial charge in [-0.2, -0.15) is 4.89 Å². The number of aliphatic hydroxyl groups is 1. The average molecular weight is 498 g/mol. The number of pyridine rings is 1. The van der Waals surface area contributed by atoms with E-state index in [9.17, 15) is 28.9 Å². The Bertz CT molecular complexity index is 1320. The number of nitrogens with zero attached hydrogens (tertiary/aromatic N) is 1. The summed E-state index contributed by atoms with van der Waals surface area (Å²) >= 11 is 0. The fraction of sp³-hybridized carbons (Fsp3) is 0.231. The van der Waals surface area contributed by atoms with Crippen molar-refractivity contribution in [2.75, 3.05) is 0 Å². The van der Waals surface area contributed by atoms with Gasteiger partial charge in [0.25, 0.3) is 0 Å². The maximum Gasteiger partial charge on any atom is 0.540 e. The number of halogens is 2. The molecule has 2 aromatic carbocycles. The second kappa shape index (κ2) is 10.4. The number of aliphatic carboxylic acids is 1. The van der Waals surface area contributed by atoms with Crippen LogP contribution in [0.15, 0.2) is 54.6 Å². The molecule has 35 heavy (non-hydrogen) atoms. The maximum atomic E-state index is 16.0. The molecule has 0 aliphatic rings. The molecule has 0 saturated heterocycles. The number of hydrogen-bond donors (Lipinski definition) is 3.